The number of aliphatic hydroxyl groups is 1. The summed E-state index contributed by atoms with van der Waals surface area (Å²) in [5.41, 5.74) is 0.277. The van der Waals surface area contributed by atoms with Crippen LogP contribution in [0.5, 0.6) is 5.75 Å². The third-order valence-electron chi connectivity index (χ3n) is 6.31. The minimum absolute atomic E-state index is 0.0369. The van der Waals surface area contributed by atoms with Gasteiger partial charge in [-0.15, -0.1) is 6.58 Å². The van der Waals surface area contributed by atoms with Crippen LogP contribution in [0.2, 0.25) is 0 Å². The van der Waals surface area contributed by atoms with E-state index in [1.54, 1.807) is 29.8 Å². The normalized spacial score (nSPS) is 28.7. The molecule has 0 radical (unpaired) electrons. The molecular formula is C25H35NO5S2. The summed E-state index contributed by atoms with van der Waals surface area (Å²) >= 11 is 6.99. The lowest BCUT2D eigenvalue weighted by molar-refractivity contribution is -0.129. The molecular weight excluding hydrogens is 458 g/mol. The zero-order valence-corrected chi connectivity index (χ0v) is 21.7. The van der Waals surface area contributed by atoms with Gasteiger partial charge in [0.1, 0.15) is 16.2 Å². The van der Waals surface area contributed by atoms with Crippen molar-refractivity contribution in [3.8, 4) is 5.75 Å². The predicted molar refractivity (Wildman–Crippen MR) is 135 cm³/mol. The molecule has 2 aliphatic rings. The largest absolute Gasteiger partial charge is 0.497 e. The minimum Gasteiger partial charge on any atom is -0.497 e. The van der Waals surface area contributed by atoms with E-state index < -0.39 is 18.0 Å². The van der Waals surface area contributed by atoms with Crippen LogP contribution in [0, 0.1) is 5.41 Å². The van der Waals surface area contributed by atoms with Crippen LogP contribution < -0.4 is 4.74 Å². The van der Waals surface area contributed by atoms with Gasteiger partial charge < -0.3 is 19.3 Å². The maximum absolute atomic E-state index is 12.8. The summed E-state index contributed by atoms with van der Waals surface area (Å²) in [7, 11) is 1.62. The van der Waals surface area contributed by atoms with Gasteiger partial charge in [-0.3, -0.25) is 9.69 Å². The molecule has 1 unspecified atom stereocenters. The zero-order chi connectivity index (χ0) is 24.4. The molecule has 2 saturated heterocycles. The highest BCUT2D eigenvalue weighted by Gasteiger charge is 2.45. The van der Waals surface area contributed by atoms with Crippen LogP contribution in [0.25, 0.3) is 0 Å². The lowest BCUT2D eigenvalue weighted by Crippen LogP contribution is -2.38. The fraction of sp³-hybridized carbons (Fsp3) is 0.600. The maximum Gasteiger partial charge on any atom is 0.230 e. The van der Waals surface area contributed by atoms with Crippen LogP contribution >= 0.6 is 24.0 Å². The number of carbonyl (C=O) groups excluding carboxylic acids is 1. The van der Waals surface area contributed by atoms with Gasteiger partial charge in [-0.2, -0.15) is 0 Å². The standard InChI is InChI=1S/C25H35NO5S2/c1-7-19-25(5,31-22(30-19)16-8-10-18(29-6)11-9-16)13-12-17(27)14-21(28)26-15-20(24(2,3)4)33-23(26)32/h7-11,17,19-20,22,27H,1,12-15H2,2-6H3/t17-,19+,20+,22?,25-/m1/s1. The van der Waals surface area contributed by atoms with Gasteiger partial charge in [-0.1, -0.05) is 63.0 Å². The van der Waals surface area contributed by atoms with Crippen LogP contribution in [0.1, 0.15) is 58.8 Å². The topological polar surface area (TPSA) is 68.2 Å². The van der Waals surface area contributed by atoms with E-state index in [4.69, 9.17) is 26.4 Å². The van der Waals surface area contributed by atoms with Crippen molar-refractivity contribution in [2.45, 2.75) is 76.3 Å². The molecule has 2 heterocycles. The molecule has 0 spiro atoms. The van der Waals surface area contributed by atoms with Crippen molar-refractivity contribution in [3.05, 3.63) is 42.5 Å². The maximum atomic E-state index is 12.8. The first kappa shape index (κ1) is 26.2. The van der Waals surface area contributed by atoms with E-state index in [2.05, 4.69) is 27.4 Å². The number of hydrogen-bond donors (Lipinski definition) is 1. The number of amides is 1. The Hall–Kier alpha value is -1.45. The summed E-state index contributed by atoms with van der Waals surface area (Å²) in [6, 6.07) is 7.54. The average Bonchev–Trinajstić information content (AvgIpc) is 3.33. The molecule has 5 atom stereocenters. The van der Waals surface area contributed by atoms with Gasteiger partial charge in [0.15, 0.2) is 6.29 Å². The Morgan fingerprint density at radius 3 is 2.64 bits per heavy atom. The summed E-state index contributed by atoms with van der Waals surface area (Å²) in [5, 5.41) is 10.9. The van der Waals surface area contributed by atoms with Crippen molar-refractivity contribution in [1.29, 1.82) is 0 Å². The van der Waals surface area contributed by atoms with Crippen molar-refractivity contribution in [3.63, 3.8) is 0 Å². The number of carbonyl (C=O) groups is 1. The second kappa shape index (κ2) is 10.4. The Labute approximate surface area is 206 Å². The van der Waals surface area contributed by atoms with Crippen LogP contribution in [0.4, 0.5) is 0 Å². The third-order valence-corrected chi connectivity index (χ3v) is 8.39. The van der Waals surface area contributed by atoms with Gasteiger partial charge in [0.25, 0.3) is 0 Å². The molecule has 0 aromatic heterocycles. The number of ether oxygens (including phenoxy) is 3. The molecule has 1 aromatic carbocycles. The summed E-state index contributed by atoms with van der Waals surface area (Å²) in [6.07, 6.45) is 1.04. The molecule has 8 heteroatoms. The first-order chi connectivity index (χ1) is 15.5. The Morgan fingerprint density at radius 2 is 2.09 bits per heavy atom. The zero-order valence-electron chi connectivity index (χ0n) is 20.1. The van der Waals surface area contributed by atoms with E-state index in [-0.39, 0.29) is 29.1 Å². The molecule has 1 aromatic rings. The van der Waals surface area contributed by atoms with Crippen LogP contribution in [-0.4, -0.2) is 56.9 Å². The summed E-state index contributed by atoms with van der Waals surface area (Å²) in [4.78, 5) is 14.4. The fourth-order valence-corrected chi connectivity index (χ4v) is 5.66. The number of rotatable bonds is 8. The lowest BCUT2D eigenvalue weighted by Gasteiger charge is -2.28. The molecule has 0 bridgehead atoms. The van der Waals surface area contributed by atoms with Gasteiger partial charge in [0, 0.05) is 17.4 Å². The van der Waals surface area contributed by atoms with Gasteiger partial charge >= 0.3 is 0 Å². The monoisotopic (exact) mass is 493 g/mol. The van der Waals surface area contributed by atoms with E-state index >= 15 is 0 Å². The molecule has 2 fully saturated rings. The second-order valence-corrected chi connectivity index (χ2v) is 11.8. The fourth-order valence-electron chi connectivity index (χ4n) is 4.01. The van der Waals surface area contributed by atoms with Crippen molar-refractivity contribution in [2.75, 3.05) is 13.7 Å². The van der Waals surface area contributed by atoms with E-state index in [0.717, 1.165) is 11.3 Å². The molecule has 3 rings (SSSR count). The van der Waals surface area contributed by atoms with E-state index in [9.17, 15) is 9.90 Å². The number of aliphatic hydroxyl groups excluding tert-OH is 1. The summed E-state index contributed by atoms with van der Waals surface area (Å²) in [6.45, 7) is 12.9. The van der Waals surface area contributed by atoms with E-state index in [0.29, 0.717) is 23.7 Å². The number of nitrogens with zero attached hydrogens (tertiary/aromatic N) is 1. The SMILES string of the molecule is C=C[C@@H]1OC(c2ccc(OC)cc2)O[C@]1(C)CC[C@@H](O)CC(=O)N1C[C@@H](C(C)(C)C)SC1=S. The first-order valence-corrected chi connectivity index (χ1v) is 12.5. The highest BCUT2D eigenvalue weighted by Crippen LogP contribution is 2.42. The second-order valence-electron chi connectivity index (χ2n) is 9.97. The van der Waals surface area contributed by atoms with Crippen LogP contribution in [-0.2, 0) is 14.3 Å². The van der Waals surface area contributed by atoms with Crippen LogP contribution in [0.3, 0.4) is 0 Å². The highest BCUT2D eigenvalue weighted by molar-refractivity contribution is 8.23. The van der Waals surface area contributed by atoms with Crippen molar-refractivity contribution >= 4 is 34.2 Å². The van der Waals surface area contributed by atoms with Gasteiger partial charge in [-0.05, 0) is 37.3 Å². The predicted octanol–water partition coefficient (Wildman–Crippen LogP) is 4.86. The van der Waals surface area contributed by atoms with Gasteiger partial charge in [0.2, 0.25) is 5.91 Å². The van der Waals surface area contributed by atoms with Crippen molar-refractivity contribution in [1.82, 2.24) is 4.90 Å². The molecule has 0 aliphatic carbocycles. The van der Waals surface area contributed by atoms with E-state index in [1.807, 2.05) is 31.2 Å². The summed E-state index contributed by atoms with van der Waals surface area (Å²) in [5.74, 6) is 0.633. The van der Waals surface area contributed by atoms with Crippen LogP contribution in [0.15, 0.2) is 36.9 Å². The number of benzene rings is 1. The Bertz CT molecular complexity index is 869. The summed E-state index contributed by atoms with van der Waals surface area (Å²) < 4.78 is 18.2. The Kier molecular flexibility index (Phi) is 8.28. The molecule has 182 valence electrons. The Morgan fingerprint density at radius 1 is 1.42 bits per heavy atom. The van der Waals surface area contributed by atoms with Crippen molar-refractivity contribution in [2.24, 2.45) is 5.41 Å². The first-order valence-electron chi connectivity index (χ1n) is 11.3. The number of thiocarbonyl (C=S) groups is 1. The van der Waals surface area contributed by atoms with Crippen molar-refractivity contribution < 1.29 is 24.1 Å². The van der Waals surface area contributed by atoms with Gasteiger partial charge in [0.05, 0.1) is 25.2 Å². The number of hydrogen-bond acceptors (Lipinski definition) is 7. The molecule has 33 heavy (non-hydrogen) atoms. The third kappa shape index (κ3) is 6.17. The number of methoxy groups -OCH3 is 1. The van der Waals surface area contributed by atoms with Gasteiger partial charge in [-0.25, -0.2) is 0 Å². The average molecular weight is 494 g/mol. The highest BCUT2D eigenvalue weighted by atomic mass is 32.2. The Balaban J connectivity index is 1.56. The lowest BCUT2D eigenvalue weighted by atomic mass is 9.91. The van der Waals surface area contributed by atoms with E-state index in [1.165, 1.54) is 0 Å². The minimum atomic E-state index is -0.787. The molecule has 2 aliphatic heterocycles. The molecule has 1 N–H and O–H groups in total. The smallest absolute Gasteiger partial charge is 0.230 e. The molecule has 1 amide bonds. The number of thioether (sulfide) groups is 1. The quantitative estimate of drug-likeness (QED) is 0.410. The molecule has 0 saturated carbocycles. The molecule has 6 nitrogen and oxygen atoms in total.